The van der Waals surface area contributed by atoms with Gasteiger partial charge in [0.25, 0.3) is 0 Å². The fourth-order valence-corrected chi connectivity index (χ4v) is 5.09. The van der Waals surface area contributed by atoms with Gasteiger partial charge in [0.05, 0.1) is 0 Å². The zero-order chi connectivity index (χ0) is 34.3. The number of hydrogen-bond donors (Lipinski definition) is 2. The molecule has 11 heteroatoms. The predicted molar refractivity (Wildman–Crippen MR) is 182 cm³/mol. The van der Waals surface area contributed by atoms with Gasteiger partial charge >= 0.3 is 20.7 Å². The summed E-state index contributed by atoms with van der Waals surface area (Å²) in [5.74, 6) is -0.983. The second kappa shape index (κ2) is 17.9. The first kappa shape index (κ1) is 34.5. The average Bonchev–Trinajstić information content (AvgIpc) is 3.14. The van der Waals surface area contributed by atoms with Gasteiger partial charge in [-0.15, -0.1) is 0 Å². The van der Waals surface area contributed by atoms with E-state index in [9.17, 15) is 19.3 Å². The molecule has 0 bridgehead atoms. The minimum atomic E-state index is -1.43. The average molecular weight is 680 g/mol. The van der Waals surface area contributed by atoms with Crippen LogP contribution in [0.3, 0.4) is 0 Å². The second-order valence-corrected chi connectivity index (χ2v) is 11.1. The minimum Gasteiger partial charge on any atom is -0.485 e. The fourth-order valence-electron chi connectivity index (χ4n) is 4.84. The van der Waals surface area contributed by atoms with Crippen LogP contribution in [0.4, 0.5) is 4.79 Å². The number of carbonyl (C=O) groups is 2. The van der Waals surface area contributed by atoms with Gasteiger partial charge in [-0.25, -0.2) is 14.2 Å². The van der Waals surface area contributed by atoms with E-state index in [4.69, 9.17) is 23.5 Å². The van der Waals surface area contributed by atoms with Crippen molar-refractivity contribution in [3.8, 4) is 23.0 Å². The van der Waals surface area contributed by atoms with E-state index in [0.717, 1.165) is 22.3 Å². The summed E-state index contributed by atoms with van der Waals surface area (Å²) in [6.07, 6.45) is -1.16. The molecule has 0 aromatic heterocycles. The molecule has 5 aromatic rings. The van der Waals surface area contributed by atoms with E-state index in [2.05, 4.69) is 5.32 Å². The summed E-state index contributed by atoms with van der Waals surface area (Å²) in [7, 11) is -0.683. The van der Waals surface area contributed by atoms with E-state index in [0.29, 0.717) is 5.56 Å². The van der Waals surface area contributed by atoms with Crippen molar-refractivity contribution < 1.29 is 42.7 Å². The lowest BCUT2D eigenvalue weighted by molar-refractivity contribution is -0.139. The van der Waals surface area contributed by atoms with Crippen molar-refractivity contribution in [1.82, 2.24) is 5.32 Å². The van der Waals surface area contributed by atoms with Crippen LogP contribution in [0.25, 0.3) is 0 Å². The monoisotopic (exact) mass is 679 g/mol. The third-order valence-corrected chi connectivity index (χ3v) is 7.54. The van der Waals surface area contributed by atoms with Gasteiger partial charge < -0.3 is 33.9 Å². The lowest BCUT2D eigenvalue weighted by Gasteiger charge is -2.23. The highest BCUT2D eigenvalue weighted by Crippen LogP contribution is 2.49. The summed E-state index contributed by atoms with van der Waals surface area (Å²) in [6, 6.07) is 37.2. The Labute approximate surface area is 285 Å². The van der Waals surface area contributed by atoms with Crippen molar-refractivity contribution in [3.05, 3.63) is 155 Å². The molecule has 0 aliphatic heterocycles. The van der Waals surface area contributed by atoms with E-state index in [1.54, 1.807) is 18.2 Å². The molecule has 0 aliphatic carbocycles. The zero-order valence-electron chi connectivity index (χ0n) is 26.4. The van der Waals surface area contributed by atoms with E-state index >= 15 is 0 Å². The largest absolute Gasteiger partial charge is 0.485 e. The van der Waals surface area contributed by atoms with Crippen LogP contribution in [0.5, 0.6) is 23.0 Å². The lowest BCUT2D eigenvalue weighted by atomic mass is 10.0. The summed E-state index contributed by atoms with van der Waals surface area (Å²) in [6.45, 7) is 0.224. The Morgan fingerprint density at radius 1 is 0.612 bits per heavy atom. The van der Waals surface area contributed by atoms with Crippen LogP contribution in [-0.2, 0) is 46.9 Å². The molecule has 2 N–H and O–H groups in total. The highest BCUT2D eigenvalue weighted by atomic mass is 31.1. The SMILES string of the molecule is O=POc1c(OCc2ccccc2)cc(C[C@H](NC(=O)OCc2ccccc2)C(=O)O)c(OCc2ccccc2)c1OCc1ccccc1. The van der Waals surface area contributed by atoms with Gasteiger partial charge in [-0.2, -0.15) is 0 Å². The zero-order valence-corrected chi connectivity index (χ0v) is 27.3. The van der Waals surface area contributed by atoms with Crippen molar-refractivity contribution >= 4 is 20.7 Å². The number of amides is 1. The van der Waals surface area contributed by atoms with E-state index in [-0.39, 0.29) is 55.8 Å². The maximum absolute atomic E-state index is 12.8. The third kappa shape index (κ3) is 10.3. The van der Waals surface area contributed by atoms with Gasteiger partial charge in [-0.1, -0.05) is 121 Å². The van der Waals surface area contributed by atoms with Gasteiger partial charge in [0.2, 0.25) is 11.5 Å². The van der Waals surface area contributed by atoms with Gasteiger partial charge in [-0.05, 0) is 28.3 Å². The van der Waals surface area contributed by atoms with Gasteiger partial charge in [0.15, 0.2) is 11.5 Å². The first-order chi connectivity index (χ1) is 24.0. The predicted octanol–water partition coefficient (Wildman–Crippen LogP) is 7.93. The standard InChI is InChI=1S/C38H34NO9P/c40-37(41)32(39-38(42)47-26-30-19-11-4-12-20-30)21-31-22-33(44-23-27-13-5-1-6-14-27)35(48-49-43)36(46-25-29-17-9-3-10-18-29)34(31)45-24-28-15-7-2-8-16-28/h1-20,22,32H,21,23-26H2,(H,39,42)(H,40,41)/t32-/m0/s1. The first-order valence-corrected chi connectivity index (χ1v) is 16.1. The Balaban J connectivity index is 1.53. The number of carboxylic acids is 1. The van der Waals surface area contributed by atoms with Crippen LogP contribution < -0.4 is 24.1 Å². The molecule has 0 aliphatic rings. The van der Waals surface area contributed by atoms with Crippen molar-refractivity contribution in [1.29, 1.82) is 0 Å². The smallest absolute Gasteiger partial charge is 0.408 e. The lowest BCUT2D eigenvalue weighted by Crippen LogP contribution is -2.42. The first-order valence-electron chi connectivity index (χ1n) is 15.4. The Hall–Kier alpha value is -5.86. The summed E-state index contributed by atoms with van der Waals surface area (Å²) in [5, 5.41) is 12.7. The number of carboxylic acid groups (broad SMARTS) is 1. The summed E-state index contributed by atoms with van der Waals surface area (Å²) in [5.41, 5.74) is 3.57. The molecule has 10 nitrogen and oxygen atoms in total. The van der Waals surface area contributed by atoms with E-state index in [1.165, 1.54) is 0 Å². The molecule has 250 valence electrons. The molecule has 0 saturated heterocycles. The number of aliphatic carboxylic acids is 1. The van der Waals surface area contributed by atoms with E-state index < -0.39 is 26.8 Å². The molecule has 0 fully saturated rings. The Morgan fingerprint density at radius 3 is 1.53 bits per heavy atom. The third-order valence-electron chi connectivity index (χ3n) is 7.28. The number of benzene rings is 5. The van der Waals surface area contributed by atoms with Crippen LogP contribution >= 0.6 is 8.69 Å². The Bertz CT molecular complexity index is 1810. The molecule has 0 saturated carbocycles. The topological polar surface area (TPSA) is 130 Å². The van der Waals surface area contributed by atoms with Crippen LogP contribution in [0.1, 0.15) is 27.8 Å². The van der Waals surface area contributed by atoms with E-state index in [1.807, 2.05) is 109 Å². The van der Waals surface area contributed by atoms with Crippen molar-refractivity contribution in [2.45, 2.75) is 38.9 Å². The summed E-state index contributed by atoms with van der Waals surface area (Å²) >= 11 is 0. The van der Waals surface area contributed by atoms with Crippen LogP contribution in [-0.4, -0.2) is 23.2 Å². The summed E-state index contributed by atoms with van der Waals surface area (Å²) in [4.78, 5) is 25.3. The fraction of sp³-hybridized carbons (Fsp3) is 0.158. The Morgan fingerprint density at radius 2 is 1.06 bits per heavy atom. The van der Waals surface area contributed by atoms with Gasteiger partial charge in [0, 0.05) is 12.0 Å². The molecule has 0 heterocycles. The quantitative estimate of drug-likeness (QED) is 0.0942. The Kier molecular flexibility index (Phi) is 12.6. The maximum atomic E-state index is 12.8. The molecule has 0 radical (unpaired) electrons. The second-order valence-electron chi connectivity index (χ2n) is 10.8. The van der Waals surface area contributed by atoms with Crippen LogP contribution in [0, 0.1) is 0 Å². The molecule has 5 aromatic carbocycles. The van der Waals surface area contributed by atoms with Crippen molar-refractivity contribution in [3.63, 3.8) is 0 Å². The number of ether oxygens (including phenoxy) is 4. The number of alkyl carbamates (subject to hydrolysis) is 1. The van der Waals surface area contributed by atoms with Gasteiger partial charge in [-0.3, -0.25) is 0 Å². The minimum absolute atomic E-state index is 0.00237. The number of carbonyl (C=O) groups excluding carboxylic acids is 1. The molecule has 0 spiro atoms. The van der Waals surface area contributed by atoms with Crippen molar-refractivity contribution in [2.75, 3.05) is 0 Å². The van der Waals surface area contributed by atoms with Crippen LogP contribution in [0.2, 0.25) is 0 Å². The molecule has 1 amide bonds. The number of nitrogens with one attached hydrogen (secondary N) is 1. The molecular formula is C38H34NO9P. The summed E-state index contributed by atoms with van der Waals surface area (Å²) < 4.78 is 41.6. The molecule has 1 atom stereocenters. The number of rotatable bonds is 17. The maximum Gasteiger partial charge on any atom is 0.408 e. The molecule has 5 rings (SSSR count). The molecule has 49 heavy (non-hydrogen) atoms. The van der Waals surface area contributed by atoms with Gasteiger partial charge in [0.1, 0.15) is 32.5 Å². The normalized spacial score (nSPS) is 11.3. The number of hydrogen-bond acceptors (Lipinski definition) is 8. The molecular weight excluding hydrogens is 645 g/mol. The molecule has 0 unspecified atom stereocenters. The van der Waals surface area contributed by atoms with Crippen LogP contribution in [0.15, 0.2) is 127 Å². The highest BCUT2D eigenvalue weighted by molar-refractivity contribution is 7.17. The van der Waals surface area contributed by atoms with Crippen molar-refractivity contribution in [2.24, 2.45) is 0 Å². The highest BCUT2D eigenvalue weighted by Gasteiger charge is 2.29.